The Morgan fingerprint density at radius 1 is 0.955 bits per heavy atom. The molecule has 7 heteroatoms. The summed E-state index contributed by atoms with van der Waals surface area (Å²) in [5, 5.41) is 9.61. The lowest BCUT2D eigenvalue weighted by Crippen LogP contribution is -1.83. The lowest BCUT2D eigenvalue weighted by Gasteiger charge is -2.01. The average molecular weight is 371 g/mol. The number of nitrogens with one attached hydrogen (secondary N) is 1. The zero-order valence-electron chi connectivity index (χ0n) is 11.2. The van der Waals surface area contributed by atoms with E-state index >= 15 is 0 Å². The Morgan fingerprint density at radius 3 is 2.45 bits per heavy atom. The van der Waals surface area contributed by atoms with E-state index in [4.69, 9.17) is 34.8 Å². The van der Waals surface area contributed by atoms with Crippen LogP contribution in [0.1, 0.15) is 5.56 Å². The van der Waals surface area contributed by atoms with Crippen molar-refractivity contribution in [3.63, 3.8) is 0 Å². The van der Waals surface area contributed by atoms with Gasteiger partial charge in [-0.2, -0.15) is 0 Å². The van der Waals surface area contributed by atoms with Crippen molar-refractivity contribution < 1.29 is 0 Å². The lowest BCUT2D eigenvalue weighted by atomic mass is 10.2. The number of benzene rings is 2. The zero-order chi connectivity index (χ0) is 15.5. The molecule has 0 saturated heterocycles. The number of H-pyrrole nitrogens is 1. The number of hydrogen-bond acceptors (Lipinski definition) is 3. The molecule has 1 N–H and O–H groups in total. The molecular weight excluding hydrogens is 361 g/mol. The van der Waals surface area contributed by atoms with Crippen LogP contribution in [0.5, 0.6) is 0 Å². The van der Waals surface area contributed by atoms with Crippen LogP contribution in [0.3, 0.4) is 0 Å². The first-order chi connectivity index (χ1) is 10.6. The van der Waals surface area contributed by atoms with Crippen molar-refractivity contribution in [1.82, 2.24) is 15.2 Å². The summed E-state index contributed by atoms with van der Waals surface area (Å²) in [5.74, 6) is 1.43. The van der Waals surface area contributed by atoms with Crippen LogP contribution < -0.4 is 0 Å². The molecule has 1 heterocycles. The monoisotopic (exact) mass is 369 g/mol. The normalized spacial score (nSPS) is 10.9. The van der Waals surface area contributed by atoms with Gasteiger partial charge in [0.2, 0.25) is 5.16 Å². The maximum atomic E-state index is 6.00. The SMILES string of the molecule is Clc1ccc(-c2nc(SCc3ccc(Cl)c(Cl)c3)n[nH]2)cc1. The Balaban J connectivity index is 1.69. The number of rotatable bonds is 4. The molecular formula is C15H10Cl3N3S. The zero-order valence-corrected chi connectivity index (χ0v) is 14.3. The van der Waals surface area contributed by atoms with Gasteiger partial charge in [0.05, 0.1) is 10.0 Å². The summed E-state index contributed by atoms with van der Waals surface area (Å²) in [5.41, 5.74) is 2.01. The highest BCUT2D eigenvalue weighted by molar-refractivity contribution is 7.98. The van der Waals surface area contributed by atoms with E-state index in [1.807, 2.05) is 36.4 Å². The van der Waals surface area contributed by atoms with Crippen molar-refractivity contribution in [3.05, 3.63) is 63.1 Å². The summed E-state index contributed by atoms with van der Waals surface area (Å²) in [6.07, 6.45) is 0. The summed E-state index contributed by atoms with van der Waals surface area (Å²) in [7, 11) is 0. The number of aromatic nitrogens is 3. The van der Waals surface area contributed by atoms with Gasteiger partial charge in [0.1, 0.15) is 0 Å². The fraction of sp³-hybridized carbons (Fsp3) is 0.0667. The quantitative estimate of drug-likeness (QED) is 0.597. The van der Waals surface area contributed by atoms with Crippen molar-refractivity contribution >= 4 is 46.6 Å². The summed E-state index contributed by atoms with van der Waals surface area (Å²) in [6, 6.07) is 13.0. The Bertz CT molecular complexity index is 787. The highest BCUT2D eigenvalue weighted by Crippen LogP contribution is 2.27. The van der Waals surface area contributed by atoms with E-state index in [0.29, 0.717) is 26.0 Å². The number of halogens is 3. The standard InChI is InChI=1S/C15H10Cl3N3S/c16-11-4-2-10(3-5-11)14-19-15(21-20-14)22-8-9-1-6-12(17)13(18)7-9/h1-7H,8H2,(H,19,20,21). The Morgan fingerprint density at radius 2 is 1.73 bits per heavy atom. The Labute approximate surface area is 147 Å². The van der Waals surface area contributed by atoms with E-state index in [9.17, 15) is 0 Å². The molecule has 3 aromatic rings. The topological polar surface area (TPSA) is 41.6 Å². The van der Waals surface area contributed by atoms with Crippen molar-refractivity contribution in [2.45, 2.75) is 10.9 Å². The molecule has 0 aliphatic rings. The van der Waals surface area contributed by atoms with Crippen molar-refractivity contribution in [2.24, 2.45) is 0 Å². The van der Waals surface area contributed by atoms with Crippen LogP contribution in [0.4, 0.5) is 0 Å². The first-order valence-electron chi connectivity index (χ1n) is 6.37. The van der Waals surface area contributed by atoms with Gasteiger partial charge in [-0.3, -0.25) is 5.10 Å². The highest BCUT2D eigenvalue weighted by Gasteiger charge is 2.07. The van der Waals surface area contributed by atoms with Crippen LogP contribution >= 0.6 is 46.6 Å². The van der Waals surface area contributed by atoms with Gasteiger partial charge >= 0.3 is 0 Å². The van der Waals surface area contributed by atoms with Gasteiger partial charge in [-0.1, -0.05) is 52.6 Å². The first-order valence-corrected chi connectivity index (χ1v) is 8.49. The number of thioether (sulfide) groups is 1. The molecule has 22 heavy (non-hydrogen) atoms. The molecule has 0 aliphatic carbocycles. The van der Waals surface area contributed by atoms with E-state index in [0.717, 1.165) is 16.9 Å². The van der Waals surface area contributed by atoms with E-state index < -0.39 is 0 Å². The van der Waals surface area contributed by atoms with Gasteiger partial charge in [0.15, 0.2) is 5.82 Å². The van der Waals surface area contributed by atoms with E-state index in [-0.39, 0.29) is 0 Å². The van der Waals surface area contributed by atoms with Crippen LogP contribution in [0, 0.1) is 0 Å². The maximum Gasteiger partial charge on any atom is 0.209 e. The molecule has 0 bridgehead atoms. The molecule has 2 aromatic carbocycles. The van der Waals surface area contributed by atoms with Crippen LogP contribution in [0.2, 0.25) is 15.1 Å². The third kappa shape index (κ3) is 3.76. The van der Waals surface area contributed by atoms with Gasteiger partial charge in [-0.15, -0.1) is 5.10 Å². The maximum absolute atomic E-state index is 6.00. The lowest BCUT2D eigenvalue weighted by molar-refractivity contribution is 0.973. The van der Waals surface area contributed by atoms with E-state index in [2.05, 4.69) is 15.2 Å². The minimum absolute atomic E-state index is 0.552. The minimum Gasteiger partial charge on any atom is -0.258 e. The fourth-order valence-electron chi connectivity index (χ4n) is 1.83. The van der Waals surface area contributed by atoms with Gasteiger partial charge in [-0.05, 0) is 42.0 Å². The largest absolute Gasteiger partial charge is 0.258 e. The molecule has 1 aromatic heterocycles. The second-order valence-electron chi connectivity index (χ2n) is 4.51. The van der Waals surface area contributed by atoms with Gasteiger partial charge < -0.3 is 0 Å². The summed E-state index contributed by atoms with van der Waals surface area (Å²) in [4.78, 5) is 4.46. The molecule has 0 atom stereocenters. The van der Waals surface area contributed by atoms with Gasteiger partial charge in [0.25, 0.3) is 0 Å². The predicted molar refractivity (Wildman–Crippen MR) is 92.9 cm³/mol. The molecule has 0 radical (unpaired) electrons. The van der Waals surface area contributed by atoms with Crippen molar-refractivity contribution in [2.75, 3.05) is 0 Å². The molecule has 0 aliphatic heterocycles. The summed E-state index contributed by atoms with van der Waals surface area (Å²) in [6.45, 7) is 0. The molecule has 0 spiro atoms. The molecule has 0 unspecified atom stereocenters. The molecule has 0 amide bonds. The number of hydrogen-bond donors (Lipinski definition) is 1. The summed E-state index contributed by atoms with van der Waals surface area (Å²) >= 11 is 19.3. The van der Waals surface area contributed by atoms with E-state index in [1.54, 1.807) is 6.07 Å². The highest BCUT2D eigenvalue weighted by atomic mass is 35.5. The second kappa shape index (κ2) is 6.92. The molecule has 0 saturated carbocycles. The van der Waals surface area contributed by atoms with Gasteiger partial charge in [0, 0.05) is 16.3 Å². The number of nitrogens with zero attached hydrogens (tertiary/aromatic N) is 2. The average Bonchev–Trinajstić information content (AvgIpc) is 2.98. The van der Waals surface area contributed by atoms with Crippen LogP contribution in [0.15, 0.2) is 47.6 Å². The van der Waals surface area contributed by atoms with Crippen LogP contribution in [-0.2, 0) is 5.75 Å². The van der Waals surface area contributed by atoms with Crippen molar-refractivity contribution in [3.8, 4) is 11.4 Å². The molecule has 3 nitrogen and oxygen atoms in total. The third-order valence-electron chi connectivity index (χ3n) is 2.93. The number of aromatic amines is 1. The molecule has 3 rings (SSSR count). The predicted octanol–water partition coefficient (Wildman–Crippen LogP) is 5.72. The van der Waals surface area contributed by atoms with Crippen LogP contribution in [-0.4, -0.2) is 15.2 Å². The smallest absolute Gasteiger partial charge is 0.209 e. The second-order valence-corrected chi connectivity index (χ2v) is 6.70. The van der Waals surface area contributed by atoms with Crippen molar-refractivity contribution in [1.29, 1.82) is 0 Å². The summed E-state index contributed by atoms with van der Waals surface area (Å²) < 4.78 is 0. The third-order valence-corrected chi connectivity index (χ3v) is 4.84. The fourth-order valence-corrected chi connectivity index (χ4v) is 3.01. The van der Waals surface area contributed by atoms with E-state index in [1.165, 1.54) is 11.8 Å². The minimum atomic E-state index is 0.552. The Kier molecular flexibility index (Phi) is 4.93. The Hall–Kier alpha value is -1.20. The molecule has 112 valence electrons. The first kappa shape index (κ1) is 15.7. The molecule has 0 fully saturated rings. The van der Waals surface area contributed by atoms with Gasteiger partial charge in [-0.25, -0.2) is 4.98 Å². The van der Waals surface area contributed by atoms with Crippen LogP contribution in [0.25, 0.3) is 11.4 Å².